The van der Waals surface area contributed by atoms with Crippen LogP contribution in [0.5, 0.6) is 11.8 Å². The molecule has 4 aromatic rings. The molecule has 0 saturated heterocycles. The molecule has 0 aliphatic heterocycles. The van der Waals surface area contributed by atoms with Crippen molar-refractivity contribution in [3.63, 3.8) is 0 Å². The van der Waals surface area contributed by atoms with Crippen LogP contribution in [-0.4, -0.2) is 18.7 Å². The average molecular weight is 404 g/mol. The Kier molecular flexibility index (Phi) is 5.27. The number of hydrogen-bond acceptors (Lipinski definition) is 4. The van der Waals surface area contributed by atoms with Crippen molar-refractivity contribution in [2.75, 3.05) is 0 Å². The van der Waals surface area contributed by atoms with Crippen molar-refractivity contribution in [2.45, 2.75) is 33.4 Å². The zero-order valence-electron chi connectivity index (χ0n) is 17.3. The number of benzene rings is 2. The summed E-state index contributed by atoms with van der Waals surface area (Å²) in [5.74, 6) is 0.631. The fourth-order valence-electron chi connectivity index (χ4n) is 3.53. The van der Waals surface area contributed by atoms with Crippen molar-refractivity contribution in [1.29, 1.82) is 0 Å². The maximum absolute atomic E-state index is 13.3. The smallest absolute Gasteiger partial charge is 0.332 e. The van der Waals surface area contributed by atoms with Crippen molar-refractivity contribution in [1.82, 2.24) is 18.7 Å². The highest BCUT2D eigenvalue weighted by molar-refractivity contribution is 5.72. The van der Waals surface area contributed by atoms with E-state index in [-0.39, 0.29) is 12.1 Å². The second kappa shape index (κ2) is 8.02. The third-order valence-electron chi connectivity index (χ3n) is 5.24. The van der Waals surface area contributed by atoms with Crippen LogP contribution in [0.15, 0.2) is 64.2 Å². The third-order valence-corrected chi connectivity index (χ3v) is 5.24. The largest absolute Gasteiger partial charge is 0.425 e. The predicted octanol–water partition coefficient (Wildman–Crippen LogP) is 3.32. The van der Waals surface area contributed by atoms with Gasteiger partial charge in [0.15, 0.2) is 11.2 Å². The van der Waals surface area contributed by atoms with E-state index in [1.165, 1.54) is 14.7 Å². The summed E-state index contributed by atoms with van der Waals surface area (Å²) in [7, 11) is 1.62. The van der Waals surface area contributed by atoms with Crippen LogP contribution < -0.4 is 16.0 Å². The number of ether oxygens (including phenoxy) is 1. The molecule has 2 aromatic carbocycles. The number of rotatable bonds is 6. The van der Waals surface area contributed by atoms with E-state index in [1.54, 1.807) is 11.6 Å². The number of hydrogen-bond donors (Lipinski definition) is 0. The van der Waals surface area contributed by atoms with Gasteiger partial charge in [-0.3, -0.25) is 18.5 Å². The first kappa shape index (κ1) is 19.7. The zero-order valence-corrected chi connectivity index (χ0v) is 17.3. The minimum absolute atomic E-state index is 0.200. The van der Waals surface area contributed by atoms with Crippen LogP contribution in [-0.2, 0) is 26.6 Å². The topological polar surface area (TPSA) is 71.1 Å². The molecule has 0 atom stereocenters. The number of nitrogens with zero attached hydrogens (tertiary/aromatic N) is 4. The Morgan fingerprint density at radius 2 is 1.60 bits per heavy atom. The fraction of sp³-hybridized carbons (Fsp3) is 0.261. The highest BCUT2D eigenvalue weighted by Gasteiger charge is 2.21. The Morgan fingerprint density at radius 1 is 0.900 bits per heavy atom. The third kappa shape index (κ3) is 3.43. The van der Waals surface area contributed by atoms with E-state index >= 15 is 0 Å². The summed E-state index contributed by atoms with van der Waals surface area (Å²) >= 11 is 0. The van der Waals surface area contributed by atoms with Gasteiger partial charge in [-0.25, -0.2) is 4.79 Å². The van der Waals surface area contributed by atoms with Gasteiger partial charge in [0.1, 0.15) is 5.75 Å². The van der Waals surface area contributed by atoms with Gasteiger partial charge in [0.2, 0.25) is 0 Å². The maximum Gasteiger partial charge on any atom is 0.332 e. The van der Waals surface area contributed by atoms with Gasteiger partial charge in [-0.05, 0) is 36.6 Å². The van der Waals surface area contributed by atoms with Gasteiger partial charge < -0.3 is 4.74 Å². The lowest BCUT2D eigenvalue weighted by molar-refractivity contribution is 0.418. The van der Waals surface area contributed by atoms with Crippen molar-refractivity contribution in [3.8, 4) is 11.8 Å². The van der Waals surface area contributed by atoms with Crippen molar-refractivity contribution >= 4 is 11.2 Å². The van der Waals surface area contributed by atoms with Gasteiger partial charge in [-0.1, -0.05) is 49.4 Å². The number of imidazole rings is 1. The molecule has 0 bridgehead atoms. The second-order valence-electron chi connectivity index (χ2n) is 7.13. The lowest BCUT2D eigenvalue weighted by Gasteiger charge is -2.10. The van der Waals surface area contributed by atoms with E-state index in [0.717, 1.165) is 12.0 Å². The van der Waals surface area contributed by atoms with Crippen LogP contribution in [0.25, 0.3) is 11.2 Å². The van der Waals surface area contributed by atoms with Crippen molar-refractivity contribution in [3.05, 3.63) is 86.6 Å². The van der Waals surface area contributed by atoms with E-state index in [4.69, 9.17) is 4.74 Å². The molecule has 2 heterocycles. The van der Waals surface area contributed by atoms with E-state index in [9.17, 15) is 9.59 Å². The summed E-state index contributed by atoms with van der Waals surface area (Å²) in [6.07, 6.45) is 0.941. The van der Waals surface area contributed by atoms with Gasteiger partial charge in [0, 0.05) is 13.6 Å². The minimum Gasteiger partial charge on any atom is -0.425 e. The molecular weight excluding hydrogens is 380 g/mol. The Bertz CT molecular complexity index is 1300. The summed E-state index contributed by atoms with van der Waals surface area (Å²) in [5.41, 5.74) is 1.98. The van der Waals surface area contributed by atoms with Crippen LogP contribution in [0.1, 0.15) is 25.0 Å². The summed E-state index contributed by atoms with van der Waals surface area (Å²) in [6, 6.07) is 17.5. The number of aryl methyl sites for hydroxylation is 3. The van der Waals surface area contributed by atoms with E-state index in [2.05, 4.69) is 11.9 Å². The van der Waals surface area contributed by atoms with Gasteiger partial charge in [-0.15, -0.1) is 0 Å². The SMILES string of the molecule is CCc1ccc(Oc2nc3c(c(=O)n(Cc4ccccc4)c(=O)n3C)n2CC)cc1. The van der Waals surface area contributed by atoms with Crippen molar-refractivity contribution < 1.29 is 4.74 Å². The molecule has 2 aromatic heterocycles. The summed E-state index contributed by atoms with van der Waals surface area (Å²) in [4.78, 5) is 30.6. The van der Waals surface area contributed by atoms with Crippen LogP contribution >= 0.6 is 0 Å². The van der Waals surface area contributed by atoms with Crippen LogP contribution in [0, 0.1) is 0 Å². The van der Waals surface area contributed by atoms with Crippen molar-refractivity contribution in [2.24, 2.45) is 7.05 Å². The quantitative estimate of drug-likeness (QED) is 0.494. The molecule has 0 aliphatic carbocycles. The molecule has 0 aliphatic rings. The fourth-order valence-corrected chi connectivity index (χ4v) is 3.53. The Labute approximate surface area is 173 Å². The maximum atomic E-state index is 13.3. The highest BCUT2D eigenvalue weighted by atomic mass is 16.5. The molecule has 4 rings (SSSR count). The van der Waals surface area contributed by atoms with Crippen LogP contribution in [0.2, 0.25) is 0 Å². The van der Waals surface area contributed by atoms with Crippen LogP contribution in [0.3, 0.4) is 0 Å². The molecule has 0 spiro atoms. The minimum atomic E-state index is -0.407. The molecule has 7 heteroatoms. The second-order valence-corrected chi connectivity index (χ2v) is 7.13. The van der Waals surface area contributed by atoms with Gasteiger partial charge >= 0.3 is 11.7 Å². The number of fused-ring (bicyclic) bond motifs is 1. The molecule has 0 saturated carbocycles. The van der Waals surface area contributed by atoms with Gasteiger partial charge in [-0.2, -0.15) is 4.98 Å². The monoisotopic (exact) mass is 404 g/mol. The molecule has 0 radical (unpaired) electrons. The first-order valence-corrected chi connectivity index (χ1v) is 10.0. The Balaban J connectivity index is 1.84. The molecule has 30 heavy (non-hydrogen) atoms. The molecule has 154 valence electrons. The molecule has 0 amide bonds. The summed E-state index contributed by atoms with van der Waals surface area (Å²) in [6.45, 7) is 4.69. The van der Waals surface area contributed by atoms with Gasteiger partial charge in [0.25, 0.3) is 5.56 Å². The average Bonchev–Trinajstić information content (AvgIpc) is 3.15. The first-order valence-electron chi connectivity index (χ1n) is 10.0. The number of aromatic nitrogens is 4. The summed E-state index contributed by atoms with van der Waals surface area (Å²) in [5, 5.41) is 0. The zero-order chi connectivity index (χ0) is 21.3. The standard InChI is InChI=1S/C23H24N4O3/c1-4-16-11-13-18(14-12-16)30-22-24-20-19(26(22)5-2)21(28)27(23(29)25(20)3)15-17-9-7-6-8-10-17/h6-14H,4-5,15H2,1-3H3. The molecular formula is C23H24N4O3. The van der Waals surface area contributed by atoms with E-state index in [1.807, 2.05) is 61.5 Å². The lowest BCUT2D eigenvalue weighted by Crippen LogP contribution is -2.39. The first-order chi connectivity index (χ1) is 14.5. The Morgan fingerprint density at radius 3 is 2.23 bits per heavy atom. The predicted molar refractivity (Wildman–Crippen MR) is 116 cm³/mol. The lowest BCUT2D eigenvalue weighted by atomic mass is 10.2. The Hall–Kier alpha value is -3.61. The van der Waals surface area contributed by atoms with Gasteiger partial charge in [0.05, 0.1) is 6.54 Å². The normalized spacial score (nSPS) is 11.2. The molecule has 7 nitrogen and oxygen atoms in total. The summed E-state index contributed by atoms with van der Waals surface area (Å²) < 4.78 is 10.3. The highest BCUT2D eigenvalue weighted by Crippen LogP contribution is 2.24. The molecule has 0 fully saturated rings. The van der Waals surface area contributed by atoms with Crippen LogP contribution in [0.4, 0.5) is 0 Å². The van der Waals surface area contributed by atoms with E-state index in [0.29, 0.717) is 29.5 Å². The van der Waals surface area contributed by atoms with E-state index < -0.39 is 5.69 Å². The molecule has 0 N–H and O–H groups in total. The molecule has 0 unspecified atom stereocenters.